The Balaban J connectivity index is 2.19. The van der Waals surface area contributed by atoms with Gasteiger partial charge in [-0.3, -0.25) is 5.01 Å². The Hall–Kier alpha value is -2.64. The van der Waals surface area contributed by atoms with Crippen LogP contribution < -0.4 is 0 Å². The van der Waals surface area contributed by atoms with Gasteiger partial charge in [-0.15, -0.1) is 0 Å². The van der Waals surface area contributed by atoms with Crippen LogP contribution in [0.2, 0.25) is 0 Å². The first-order valence-electron chi connectivity index (χ1n) is 7.78. The molecule has 1 aliphatic heterocycles. The predicted molar refractivity (Wildman–Crippen MR) is 93.5 cm³/mol. The first-order chi connectivity index (χ1) is 11.1. The van der Waals surface area contributed by atoms with Gasteiger partial charge in [0.2, 0.25) is 0 Å². The van der Waals surface area contributed by atoms with E-state index in [1.165, 1.54) is 33.9 Å². The Morgan fingerprint density at radius 1 is 1.17 bits per heavy atom. The number of fused-ring (bicyclic) bond motifs is 1. The SMILES string of the molecule is Cc1cc(C)c(C2c3ccccc3C=NN2CC=C=O)c(C)c1. The van der Waals surface area contributed by atoms with Crippen molar-refractivity contribution in [2.45, 2.75) is 26.8 Å². The third-order valence-corrected chi connectivity index (χ3v) is 4.31. The van der Waals surface area contributed by atoms with Crippen LogP contribution in [0.4, 0.5) is 0 Å². The van der Waals surface area contributed by atoms with E-state index in [0.29, 0.717) is 6.54 Å². The van der Waals surface area contributed by atoms with Crippen LogP contribution in [0, 0.1) is 20.8 Å². The zero-order chi connectivity index (χ0) is 16.4. The summed E-state index contributed by atoms with van der Waals surface area (Å²) in [5.41, 5.74) is 7.37. The number of benzene rings is 2. The lowest BCUT2D eigenvalue weighted by atomic mass is 9.87. The van der Waals surface area contributed by atoms with E-state index < -0.39 is 0 Å². The molecule has 0 saturated carbocycles. The summed E-state index contributed by atoms with van der Waals surface area (Å²) in [6, 6.07) is 12.7. The van der Waals surface area contributed by atoms with Crippen molar-refractivity contribution < 1.29 is 4.79 Å². The lowest BCUT2D eigenvalue weighted by Gasteiger charge is -2.34. The van der Waals surface area contributed by atoms with E-state index in [4.69, 9.17) is 0 Å². The first kappa shape index (κ1) is 15.3. The Morgan fingerprint density at radius 3 is 2.57 bits per heavy atom. The summed E-state index contributed by atoms with van der Waals surface area (Å²) in [5.74, 6) is 1.86. The van der Waals surface area contributed by atoms with E-state index >= 15 is 0 Å². The molecule has 3 nitrogen and oxygen atoms in total. The van der Waals surface area contributed by atoms with E-state index in [9.17, 15) is 4.79 Å². The number of rotatable bonds is 3. The van der Waals surface area contributed by atoms with Gasteiger partial charge in [0.15, 0.2) is 0 Å². The van der Waals surface area contributed by atoms with Crippen LogP contribution in [0.15, 0.2) is 47.6 Å². The molecular weight excluding hydrogens is 284 g/mol. The molecule has 0 aromatic heterocycles. The molecule has 0 spiro atoms. The molecule has 0 bridgehead atoms. The monoisotopic (exact) mass is 304 g/mol. The van der Waals surface area contributed by atoms with Crippen LogP contribution in [0.3, 0.4) is 0 Å². The fourth-order valence-electron chi connectivity index (χ4n) is 3.45. The van der Waals surface area contributed by atoms with E-state index in [-0.39, 0.29) is 6.04 Å². The number of hydrogen-bond donors (Lipinski definition) is 0. The second kappa shape index (κ2) is 6.23. The smallest absolute Gasteiger partial charge is 0.121 e. The molecule has 0 radical (unpaired) electrons. The number of nitrogens with zero attached hydrogens (tertiary/aromatic N) is 2. The van der Waals surface area contributed by atoms with Crippen molar-refractivity contribution in [1.29, 1.82) is 0 Å². The second-order valence-corrected chi connectivity index (χ2v) is 6.03. The van der Waals surface area contributed by atoms with Crippen molar-refractivity contribution in [2.75, 3.05) is 6.54 Å². The fraction of sp³-hybridized carbons (Fsp3) is 0.250. The maximum atomic E-state index is 10.7. The van der Waals surface area contributed by atoms with Gasteiger partial charge in [0, 0.05) is 11.6 Å². The largest absolute Gasteiger partial charge is 0.280 e. The molecule has 2 aromatic rings. The first-order valence-corrected chi connectivity index (χ1v) is 7.78. The number of hydrazone groups is 1. The molecule has 0 aliphatic carbocycles. The van der Waals surface area contributed by atoms with Gasteiger partial charge in [0.25, 0.3) is 0 Å². The number of aryl methyl sites for hydroxylation is 3. The molecule has 1 heterocycles. The van der Waals surface area contributed by atoms with Crippen molar-refractivity contribution in [3.8, 4) is 0 Å². The van der Waals surface area contributed by atoms with Crippen molar-refractivity contribution >= 4 is 12.2 Å². The predicted octanol–water partition coefficient (Wildman–Crippen LogP) is 3.74. The quantitative estimate of drug-likeness (QED) is 0.809. The summed E-state index contributed by atoms with van der Waals surface area (Å²) in [5, 5.41) is 6.53. The minimum Gasteiger partial charge on any atom is -0.280 e. The molecule has 3 rings (SSSR count). The van der Waals surface area contributed by atoms with E-state index in [1.54, 1.807) is 0 Å². The van der Waals surface area contributed by atoms with Crippen LogP contribution >= 0.6 is 0 Å². The molecule has 23 heavy (non-hydrogen) atoms. The summed E-state index contributed by atoms with van der Waals surface area (Å²) in [6.45, 7) is 6.85. The Morgan fingerprint density at radius 2 is 1.87 bits per heavy atom. The highest BCUT2D eigenvalue weighted by Crippen LogP contribution is 2.37. The lowest BCUT2D eigenvalue weighted by Crippen LogP contribution is -2.30. The normalized spacial score (nSPS) is 16.0. The van der Waals surface area contributed by atoms with E-state index in [1.807, 2.05) is 23.2 Å². The Bertz CT molecular complexity index is 793. The van der Waals surface area contributed by atoms with Gasteiger partial charge in [-0.2, -0.15) is 5.10 Å². The van der Waals surface area contributed by atoms with Crippen LogP contribution in [-0.2, 0) is 4.79 Å². The maximum absolute atomic E-state index is 10.7. The molecule has 0 fully saturated rings. The molecule has 3 heteroatoms. The van der Waals surface area contributed by atoms with Crippen LogP contribution in [-0.4, -0.2) is 23.7 Å². The highest BCUT2D eigenvalue weighted by molar-refractivity contribution is 5.83. The van der Waals surface area contributed by atoms with Gasteiger partial charge in [-0.25, -0.2) is 4.79 Å². The van der Waals surface area contributed by atoms with Gasteiger partial charge in [-0.05, 0) is 43.0 Å². The van der Waals surface area contributed by atoms with Crippen LogP contribution in [0.5, 0.6) is 0 Å². The Kier molecular flexibility index (Phi) is 4.14. The number of hydrogen-bond acceptors (Lipinski definition) is 3. The highest BCUT2D eigenvalue weighted by atomic mass is 16.1. The average Bonchev–Trinajstić information content (AvgIpc) is 2.53. The summed E-state index contributed by atoms with van der Waals surface area (Å²) >= 11 is 0. The standard InChI is InChI=1S/C20H20N2O/c1-14-11-15(2)19(16(3)12-14)20-18-8-5-4-7-17(18)13-21-22(20)9-6-10-23/h4-8,11-13,20H,9H2,1-3H3. The van der Waals surface area contributed by atoms with Crippen LogP contribution in [0.1, 0.15) is 39.4 Å². The molecule has 0 amide bonds. The summed E-state index contributed by atoms with van der Waals surface area (Å²) in [6.07, 6.45) is 3.35. The van der Waals surface area contributed by atoms with Crippen molar-refractivity contribution in [1.82, 2.24) is 5.01 Å². The van der Waals surface area contributed by atoms with E-state index in [2.05, 4.69) is 56.2 Å². The zero-order valence-corrected chi connectivity index (χ0v) is 13.7. The summed E-state index contributed by atoms with van der Waals surface area (Å²) in [4.78, 5) is 10.7. The minimum absolute atomic E-state index is 0.0152. The maximum Gasteiger partial charge on any atom is 0.121 e. The third-order valence-electron chi connectivity index (χ3n) is 4.31. The minimum atomic E-state index is 0.0152. The second-order valence-electron chi connectivity index (χ2n) is 6.03. The van der Waals surface area contributed by atoms with Gasteiger partial charge >= 0.3 is 0 Å². The van der Waals surface area contributed by atoms with Crippen molar-refractivity contribution in [3.05, 3.63) is 75.9 Å². The van der Waals surface area contributed by atoms with E-state index in [0.717, 1.165) is 5.56 Å². The molecule has 0 N–H and O–H groups in total. The van der Waals surface area contributed by atoms with Crippen molar-refractivity contribution in [2.24, 2.45) is 5.10 Å². The van der Waals surface area contributed by atoms with Gasteiger partial charge in [0.05, 0.1) is 18.8 Å². The molecule has 1 aliphatic rings. The molecule has 1 atom stereocenters. The van der Waals surface area contributed by atoms with Crippen LogP contribution in [0.25, 0.3) is 0 Å². The van der Waals surface area contributed by atoms with Gasteiger partial charge < -0.3 is 0 Å². The molecule has 116 valence electrons. The number of carbonyl (C=O) groups excluding carboxylic acids is 1. The molecular formula is C20H20N2O. The third kappa shape index (κ3) is 2.84. The van der Waals surface area contributed by atoms with Gasteiger partial charge in [0.1, 0.15) is 5.94 Å². The van der Waals surface area contributed by atoms with Gasteiger partial charge in [-0.1, -0.05) is 42.0 Å². The lowest BCUT2D eigenvalue weighted by molar-refractivity contribution is 0.259. The van der Waals surface area contributed by atoms with Crippen molar-refractivity contribution in [3.63, 3.8) is 0 Å². The Labute approximate surface area is 136 Å². The average molecular weight is 304 g/mol. The molecule has 2 aromatic carbocycles. The summed E-state index contributed by atoms with van der Waals surface area (Å²) in [7, 11) is 0. The zero-order valence-electron chi connectivity index (χ0n) is 13.7. The fourth-order valence-corrected chi connectivity index (χ4v) is 3.45. The topological polar surface area (TPSA) is 32.7 Å². The highest BCUT2D eigenvalue weighted by Gasteiger charge is 2.28. The summed E-state index contributed by atoms with van der Waals surface area (Å²) < 4.78 is 0. The molecule has 0 saturated heterocycles. The molecule has 1 unspecified atom stereocenters.